The maximum atomic E-state index is 13.6. The number of nitrogens with zero attached hydrogens (tertiary/aromatic N) is 3. The zero-order valence-corrected chi connectivity index (χ0v) is 26.1. The number of carbonyl (C=O) groups excluding carboxylic acids is 1. The van der Waals surface area contributed by atoms with Gasteiger partial charge >= 0.3 is 0 Å². The molecule has 0 aliphatic heterocycles. The van der Waals surface area contributed by atoms with Crippen LogP contribution in [0, 0.1) is 5.82 Å². The molecular formula is C31H29Br2FN4O4. The molecule has 1 aliphatic carbocycles. The van der Waals surface area contributed by atoms with Crippen molar-refractivity contribution in [3.05, 3.63) is 91.1 Å². The highest BCUT2D eigenvalue weighted by Crippen LogP contribution is 2.37. The van der Waals surface area contributed by atoms with Gasteiger partial charge in [-0.2, -0.15) is 9.78 Å². The lowest BCUT2D eigenvalue weighted by Crippen LogP contribution is -2.25. The molecule has 0 bridgehead atoms. The van der Waals surface area contributed by atoms with Crippen LogP contribution in [0.3, 0.4) is 0 Å². The molecule has 0 radical (unpaired) electrons. The number of aromatic nitrogens is 2. The van der Waals surface area contributed by atoms with Crippen LogP contribution in [-0.2, 0) is 4.79 Å². The molecule has 1 aromatic heterocycles. The summed E-state index contributed by atoms with van der Waals surface area (Å²) >= 11 is 6.97. The number of hydrogen-bond acceptors (Lipinski definition) is 6. The Hall–Kier alpha value is -3.57. The number of rotatable bonds is 9. The second-order valence-corrected chi connectivity index (χ2v) is 11.7. The van der Waals surface area contributed by atoms with Gasteiger partial charge in [-0.05, 0) is 89.8 Å². The number of amides is 1. The third-order valence-corrected chi connectivity index (χ3v) is 8.00. The first-order chi connectivity index (χ1) is 20.3. The molecule has 1 N–H and O–H groups in total. The lowest BCUT2D eigenvalue weighted by molar-refractivity contribution is -0.118. The van der Waals surface area contributed by atoms with Crippen LogP contribution in [-0.4, -0.2) is 35.0 Å². The fraction of sp³-hybridized carbons (Fsp3) is 0.290. The lowest BCUT2D eigenvalue weighted by Gasteiger charge is -2.22. The van der Waals surface area contributed by atoms with Crippen molar-refractivity contribution in [3.8, 4) is 11.5 Å². The Bertz CT molecular complexity index is 1700. The van der Waals surface area contributed by atoms with Gasteiger partial charge in [0.1, 0.15) is 11.6 Å². The zero-order chi connectivity index (χ0) is 29.6. The SMILES string of the molecule is CCOc1cc(C=Nn2c(C3CCCCC3)nc3ccc(Br)cc3c2=O)cc(Br)c1OCC(=O)Nc1cccc(F)c1. The van der Waals surface area contributed by atoms with E-state index in [-0.39, 0.29) is 18.1 Å². The maximum Gasteiger partial charge on any atom is 0.282 e. The summed E-state index contributed by atoms with van der Waals surface area (Å²) < 4.78 is 27.8. The molecule has 5 rings (SSSR count). The van der Waals surface area contributed by atoms with Crippen LogP contribution in [0.2, 0.25) is 0 Å². The molecule has 218 valence electrons. The van der Waals surface area contributed by atoms with Crippen molar-refractivity contribution in [2.75, 3.05) is 18.5 Å². The van der Waals surface area contributed by atoms with Gasteiger partial charge in [0.15, 0.2) is 18.1 Å². The summed E-state index contributed by atoms with van der Waals surface area (Å²) in [4.78, 5) is 30.9. The summed E-state index contributed by atoms with van der Waals surface area (Å²) in [5.41, 5.74) is 1.40. The number of ether oxygens (including phenoxy) is 2. The quantitative estimate of drug-likeness (QED) is 0.184. The van der Waals surface area contributed by atoms with Crippen LogP contribution in [0.5, 0.6) is 11.5 Å². The smallest absolute Gasteiger partial charge is 0.282 e. The normalized spacial score (nSPS) is 13.9. The van der Waals surface area contributed by atoms with E-state index in [1.54, 1.807) is 30.5 Å². The van der Waals surface area contributed by atoms with Crippen molar-refractivity contribution in [2.45, 2.75) is 44.9 Å². The Morgan fingerprint density at radius 1 is 1.12 bits per heavy atom. The van der Waals surface area contributed by atoms with Gasteiger partial charge in [-0.25, -0.2) is 9.37 Å². The fourth-order valence-electron chi connectivity index (χ4n) is 4.99. The molecule has 42 heavy (non-hydrogen) atoms. The summed E-state index contributed by atoms with van der Waals surface area (Å²) in [5, 5.41) is 7.71. The highest BCUT2D eigenvalue weighted by Gasteiger charge is 2.23. The first-order valence-corrected chi connectivity index (χ1v) is 15.3. The predicted octanol–water partition coefficient (Wildman–Crippen LogP) is 7.41. The van der Waals surface area contributed by atoms with Gasteiger partial charge in [0.25, 0.3) is 11.5 Å². The lowest BCUT2D eigenvalue weighted by atomic mass is 9.88. The second-order valence-electron chi connectivity index (χ2n) is 9.94. The first kappa shape index (κ1) is 29.9. The minimum atomic E-state index is -0.453. The minimum absolute atomic E-state index is 0.150. The zero-order valence-electron chi connectivity index (χ0n) is 22.9. The van der Waals surface area contributed by atoms with E-state index in [2.05, 4.69) is 42.3 Å². The number of halogens is 3. The predicted molar refractivity (Wildman–Crippen MR) is 168 cm³/mol. The largest absolute Gasteiger partial charge is 0.490 e. The van der Waals surface area contributed by atoms with Crippen LogP contribution in [0.1, 0.15) is 56.3 Å². The van der Waals surface area contributed by atoms with Gasteiger partial charge in [0.2, 0.25) is 0 Å². The van der Waals surface area contributed by atoms with Crippen molar-refractivity contribution in [3.63, 3.8) is 0 Å². The fourth-order valence-corrected chi connectivity index (χ4v) is 5.93. The van der Waals surface area contributed by atoms with E-state index in [1.165, 1.54) is 29.3 Å². The monoisotopic (exact) mass is 698 g/mol. The number of hydrogen-bond donors (Lipinski definition) is 1. The first-order valence-electron chi connectivity index (χ1n) is 13.7. The van der Waals surface area contributed by atoms with E-state index in [9.17, 15) is 14.0 Å². The Kier molecular flexibility index (Phi) is 9.69. The number of fused-ring (bicyclic) bond motifs is 1. The summed E-state index contributed by atoms with van der Waals surface area (Å²) in [6.45, 7) is 1.87. The Morgan fingerprint density at radius 3 is 2.69 bits per heavy atom. The Morgan fingerprint density at radius 2 is 1.93 bits per heavy atom. The standard InChI is InChI=1S/C31H29Br2FN4O4/c1-2-41-27-14-19(13-25(33)29(27)42-18-28(39)36-23-10-6-9-22(34)16-23)17-35-38-30(20-7-4-3-5-8-20)37-26-12-11-21(32)15-24(26)31(38)40/h6,9-17,20H,2-5,7-8,18H2,1H3,(H,36,39). The van der Waals surface area contributed by atoms with Crippen LogP contribution >= 0.6 is 31.9 Å². The van der Waals surface area contributed by atoms with Crippen molar-refractivity contribution in [2.24, 2.45) is 5.10 Å². The molecule has 8 nitrogen and oxygen atoms in total. The highest BCUT2D eigenvalue weighted by atomic mass is 79.9. The van der Waals surface area contributed by atoms with E-state index < -0.39 is 11.7 Å². The van der Waals surface area contributed by atoms with E-state index in [1.807, 2.05) is 19.1 Å². The van der Waals surface area contributed by atoms with Gasteiger partial charge in [-0.15, -0.1) is 0 Å². The third kappa shape index (κ3) is 7.07. The van der Waals surface area contributed by atoms with Crippen molar-refractivity contribution >= 4 is 60.6 Å². The molecule has 0 spiro atoms. The van der Waals surface area contributed by atoms with Crippen molar-refractivity contribution < 1.29 is 18.7 Å². The van der Waals surface area contributed by atoms with Gasteiger partial charge in [-0.1, -0.05) is 41.3 Å². The van der Waals surface area contributed by atoms with Crippen molar-refractivity contribution in [1.82, 2.24) is 9.66 Å². The van der Waals surface area contributed by atoms with Gasteiger partial charge in [0, 0.05) is 16.1 Å². The third-order valence-electron chi connectivity index (χ3n) is 6.91. The molecule has 11 heteroatoms. The molecule has 3 aromatic carbocycles. The molecule has 1 saturated carbocycles. The topological polar surface area (TPSA) is 94.8 Å². The van der Waals surface area contributed by atoms with Crippen molar-refractivity contribution in [1.29, 1.82) is 0 Å². The summed E-state index contributed by atoms with van der Waals surface area (Å²) in [6.07, 6.45) is 6.88. The number of carbonyl (C=O) groups is 1. The van der Waals surface area contributed by atoms with Crippen LogP contribution in [0.4, 0.5) is 10.1 Å². The average molecular weight is 700 g/mol. The summed E-state index contributed by atoms with van der Waals surface area (Å²) in [5.74, 6) is 0.641. The molecule has 4 aromatic rings. The summed E-state index contributed by atoms with van der Waals surface area (Å²) in [7, 11) is 0. The van der Waals surface area contributed by atoms with E-state index in [0.29, 0.717) is 50.6 Å². The van der Waals surface area contributed by atoms with E-state index >= 15 is 0 Å². The molecular weight excluding hydrogens is 671 g/mol. The molecule has 1 amide bonds. The second kappa shape index (κ2) is 13.6. The molecule has 1 heterocycles. The summed E-state index contributed by atoms with van der Waals surface area (Å²) in [6, 6.07) is 14.6. The molecule has 0 unspecified atom stereocenters. The molecule has 1 fully saturated rings. The number of benzene rings is 3. The van der Waals surface area contributed by atoms with E-state index in [0.717, 1.165) is 30.2 Å². The average Bonchev–Trinajstić information content (AvgIpc) is 2.97. The van der Waals surface area contributed by atoms with Gasteiger partial charge < -0.3 is 14.8 Å². The van der Waals surface area contributed by atoms with E-state index in [4.69, 9.17) is 14.5 Å². The van der Waals surface area contributed by atoms with Gasteiger partial charge in [-0.3, -0.25) is 9.59 Å². The Labute approximate surface area is 259 Å². The molecule has 1 aliphatic rings. The number of nitrogens with one attached hydrogen (secondary N) is 1. The van der Waals surface area contributed by atoms with Gasteiger partial charge in [0.05, 0.1) is 28.2 Å². The van der Waals surface area contributed by atoms with Crippen LogP contribution in [0.25, 0.3) is 10.9 Å². The molecule has 0 atom stereocenters. The Balaban J connectivity index is 1.43. The van der Waals surface area contributed by atoms with Crippen LogP contribution in [0.15, 0.2) is 73.4 Å². The number of anilines is 1. The highest BCUT2D eigenvalue weighted by molar-refractivity contribution is 9.10. The minimum Gasteiger partial charge on any atom is -0.490 e. The van der Waals surface area contributed by atoms with Crippen LogP contribution < -0.4 is 20.3 Å². The maximum absolute atomic E-state index is 13.6. The molecule has 0 saturated heterocycles.